The number of fused-ring (bicyclic) bond motifs is 1. The number of aromatic nitrogens is 4. The van der Waals surface area contributed by atoms with Crippen molar-refractivity contribution in [3.63, 3.8) is 0 Å². The molecule has 2 aromatic carbocycles. The molecule has 0 aliphatic rings. The quantitative estimate of drug-likeness (QED) is 0.447. The van der Waals surface area contributed by atoms with Crippen LogP contribution in [-0.2, 0) is 11.3 Å². The lowest BCUT2D eigenvalue weighted by Gasteiger charge is -2.13. The molecular weight excluding hydrogens is 449 g/mol. The van der Waals surface area contributed by atoms with Crippen molar-refractivity contribution in [3.05, 3.63) is 80.3 Å². The molecule has 0 radical (unpaired) electrons. The second-order valence-electron chi connectivity index (χ2n) is 7.78. The van der Waals surface area contributed by atoms with Gasteiger partial charge in [-0.2, -0.15) is 10.2 Å². The first-order valence-electron chi connectivity index (χ1n) is 10.1. The van der Waals surface area contributed by atoms with Crippen molar-refractivity contribution >= 4 is 45.7 Å². The van der Waals surface area contributed by atoms with Crippen LogP contribution in [0.15, 0.2) is 53.5 Å². The maximum atomic E-state index is 13.4. The molecule has 4 rings (SSSR count). The Morgan fingerprint density at radius 1 is 1.12 bits per heavy atom. The molecule has 0 spiro atoms. The summed E-state index contributed by atoms with van der Waals surface area (Å²) in [6, 6.07) is 12.5. The minimum Gasteiger partial charge on any atom is -0.324 e. The van der Waals surface area contributed by atoms with Gasteiger partial charge in [0.05, 0.1) is 27.6 Å². The van der Waals surface area contributed by atoms with Gasteiger partial charge in [0.25, 0.3) is 5.56 Å². The molecule has 0 saturated heterocycles. The van der Waals surface area contributed by atoms with Crippen molar-refractivity contribution in [2.45, 2.75) is 33.2 Å². The predicted octanol–water partition coefficient (Wildman–Crippen LogP) is 4.96. The first-order valence-corrected chi connectivity index (χ1v) is 10.8. The number of aryl methyl sites for hydroxylation is 1. The lowest BCUT2D eigenvalue weighted by atomic mass is 10.1. The highest BCUT2D eigenvalue weighted by atomic mass is 35.5. The third-order valence-electron chi connectivity index (χ3n) is 5.10. The molecule has 1 amide bonds. The van der Waals surface area contributed by atoms with Crippen LogP contribution >= 0.6 is 23.2 Å². The van der Waals surface area contributed by atoms with E-state index in [1.807, 2.05) is 45.0 Å². The minimum atomic E-state index is -0.408. The van der Waals surface area contributed by atoms with Crippen LogP contribution in [-0.4, -0.2) is 25.5 Å². The average Bonchev–Trinajstić information content (AvgIpc) is 3.18. The Bertz CT molecular complexity index is 1390. The molecule has 7 nitrogen and oxygen atoms in total. The van der Waals surface area contributed by atoms with Crippen LogP contribution in [0.5, 0.6) is 0 Å². The van der Waals surface area contributed by atoms with Gasteiger partial charge in [-0.15, -0.1) is 0 Å². The summed E-state index contributed by atoms with van der Waals surface area (Å²) in [4.78, 5) is 26.1. The molecule has 0 saturated carbocycles. The normalized spacial score (nSPS) is 11.3. The maximum Gasteiger partial charge on any atom is 0.293 e. The first kappa shape index (κ1) is 22.0. The predicted molar refractivity (Wildman–Crippen MR) is 127 cm³/mol. The van der Waals surface area contributed by atoms with E-state index in [0.717, 1.165) is 11.3 Å². The summed E-state index contributed by atoms with van der Waals surface area (Å²) < 4.78 is 2.80. The zero-order valence-corrected chi connectivity index (χ0v) is 19.3. The van der Waals surface area contributed by atoms with Crippen LogP contribution in [0.1, 0.15) is 31.0 Å². The van der Waals surface area contributed by atoms with Gasteiger partial charge in [0.2, 0.25) is 5.91 Å². The smallest absolute Gasteiger partial charge is 0.293 e. The molecule has 0 aliphatic heterocycles. The van der Waals surface area contributed by atoms with E-state index in [0.29, 0.717) is 32.3 Å². The Morgan fingerprint density at radius 2 is 1.88 bits per heavy atom. The molecule has 4 aromatic rings. The fraction of sp³-hybridized carbons (Fsp3) is 0.217. The summed E-state index contributed by atoms with van der Waals surface area (Å²) in [6.07, 6.45) is 1.66. The van der Waals surface area contributed by atoms with E-state index in [1.54, 1.807) is 29.1 Å². The van der Waals surface area contributed by atoms with Crippen molar-refractivity contribution in [3.8, 4) is 5.69 Å². The molecule has 2 aromatic heterocycles. The van der Waals surface area contributed by atoms with Gasteiger partial charge in [-0.3, -0.25) is 9.59 Å². The van der Waals surface area contributed by atoms with Crippen LogP contribution in [0.2, 0.25) is 10.0 Å². The molecule has 0 aliphatic carbocycles. The van der Waals surface area contributed by atoms with E-state index < -0.39 is 11.5 Å². The number of hydrogen-bond acceptors (Lipinski definition) is 4. The fourth-order valence-electron chi connectivity index (χ4n) is 3.52. The monoisotopic (exact) mass is 469 g/mol. The summed E-state index contributed by atoms with van der Waals surface area (Å²) in [6.45, 7) is 5.67. The SMILES string of the molecule is Cc1ccccc1-n1ncc2c(C(C)C)nn(CC(=O)Nc3ccc(Cl)c(Cl)c3)c(=O)c21. The number of nitrogens with zero attached hydrogens (tertiary/aromatic N) is 4. The molecule has 9 heteroatoms. The van der Waals surface area contributed by atoms with Crippen LogP contribution in [0.25, 0.3) is 16.6 Å². The third kappa shape index (κ3) is 4.13. The van der Waals surface area contributed by atoms with E-state index in [9.17, 15) is 9.59 Å². The van der Waals surface area contributed by atoms with Crippen LogP contribution in [0, 0.1) is 6.92 Å². The summed E-state index contributed by atoms with van der Waals surface area (Å²) in [5.74, 6) is -0.383. The lowest BCUT2D eigenvalue weighted by molar-refractivity contribution is -0.117. The molecule has 1 N–H and O–H groups in total. The lowest BCUT2D eigenvalue weighted by Crippen LogP contribution is -2.31. The van der Waals surface area contributed by atoms with Crippen molar-refractivity contribution in [2.24, 2.45) is 0 Å². The molecule has 0 fully saturated rings. The van der Waals surface area contributed by atoms with Gasteiger partial charge >= 0.3 is 0 Å². The van der Waals surface area contributed by atoms with Gasteiger partial charge in [-0.05, 0) is 42.7 Å². The number of hydrogen-bond donors (Lipinski definition) is 1. The highest BCUT2D eigenvalue weighted by molar-refractivity contribution is 6.42. The maximum absolute atomic E-state index is 13.4. The van der Waals surface area contributed by atoms with Gasteiger partial charge in [0, 0.05) is 11.1 Å². The number of rotatable bonds is 5. The summed E-state index contributed by atoms with van der Waals surface area (Å²) in [5.41, 5.74) is 2.94. The zero-order chi connectivity index (χ0) is 23.0. The highest BCUT2D eigenvalue weighted by Gasteiger charge is 2.20. The average molecular weight is 470 g/mol. The van der Waals surface area contributed by atoms with Crippen molar-refractivity contribution in [2.75, 3.05) is 5.32 Å². The first-order chi connectivity index (χ1) is 15.3. The van der Waals surface area contributed by atoms with E-state index in [-0.39, 0.29) is 12.5 Å². The topological polar surface area (TPSA) is 81.8 Å². The minimum absolute atomic E-state index is 0.0250. The van der Waals surface area contributed by atoms with Crippen molar-refractivity contribution in [1.29, 1.82) is 0 Å². The number of para-hydroxylation sites is 1. The zero-order valence-electron chi connectivity index (χ0n) is 17.8. The highest BCUT2D eigenvalue weighted by Crippen LogP contribution is 2.26. The van der Waals surface area contributed by atoms with Crippen LogP contribution < -0.4 is 10.9 Å². The largest absolute Gasteiger partial charge is 0.324 e. The number of carbonyl (C=O) groups excluding carboxylic acids is 1. The number of amides is 1. The second kappa shape index (κ2) is 8.76. The Morgan fingerprint density at radius 3 is 2.56 bits per heavy atom. The molecule has 164 valence electrons. The van der Waals surface area contributed by atoms with Gasteiger partial charge in [-0.1, -0.05) is 55.2 Å². The van der Waals surface area contributed by atoms with E-state index in [2.05, 4.69) is 15.5 Å². The third-order valence-corrected chi connectivity index (χ3v) is 5.84. The van der Waals surface area contributed by atoms with E-state index in [1.165, 1.54) is 4.68 Å². The van der Waals surface area contributed by atoms with Gasteiger partial charge in [0.15, 0.2) is 0 Å². The van der Waals surface area contributed by atoms with Gasteiger partial charge in [0.1, 0.15) is 12.1 Å². The summed E-state index contributed by atoms with van der Waals surface area (Å²) in [7, 11) is 0. The second-order valence-corrected chi connectivity index (χ2v) is 8.60. The fourth-order valence-corrected chi connectivity index (χ4v) is 3.82. The van der Waals surface area contributed by atoms with Gasteiger partial charge in [-0.25, -0.2) is 9.36 Å². The van der Waals surface area contributed by atoms with Crippen molar-refractivity contribution < 1.29 is 4.79 Å². The Hall–Kier alpha value is -3.16. The Kier molecular flexibility index (Phi) is 6.04. The molecule has 2 heterocycles. The van der Waals surface area contributed by atoms with E-state index in [4.69, 9.17) is 23.2 Å². The Labute approximate surface area is 194 Å². The molecule has 0 atom stereocenters. The van der Waals surface area contributed by atoms with Crippen LogP contribution in [0.4, 0.5) is 5.69 Å². The Balaban J connectivity index is 1.77. The molecule has 32 heavy (non-hydrogen) atoms. The van der Waals surface area contributed by atoms with E-state index >= 15 is 0 Å². The van der Waals surface area contributed by atoms with Crippen LogP contribution in [0.3, 0.4) is 0 Å². The number of nitrogens with one attached hydrogen (secondary N) is 1. The number of halogens is 2. The number of benzene rings is 2. The molecule has 0 unspecified atom stereocenters. The molecule has 0 bridgehead atoms. The summed E-state index contributed by atoms with van der Waals surface area (Å²) in [5, 5.41) is 13.1. The van der Waals surface area contributed by atoms with Gasteiger partial charge < -0.3 is 5.32 Å². The van der Waals surface area contributed by atoms with Crippen molar-refractivity contribution in [1.82, 2.24) is 19.6 Å². The standard InChI is InChI=1S/C23H21Cl2N5O2/c1-13(2)21-16-11-26-30(19-7-5-4-6-14(19)3)22(16)23(32)29(28-21)12-20(31)27-15-8-9-17(24)18(25)10-15/h4-11,13H,12H2,1-3H3,(H,27,31). The number of anilines is 1. The molecular formula is C23H21Cl2N5O2. The number of carbonyl (C=O) groups is 1. The summed E-state index contributed by atoms with van der Waals surface area (Å²) >= 11 is 11.9.